The number of halogens is 1. The normalized spacial score (nSPS) is 13.5. The van der Waals surface area contributed by atoms with Gasteiger partial charge in [-0.05, 0) is 38.5 Å². The predicted molar refractivity (Wildman–Crippen MR) is 80.7 cm³/mol. The quantitative estimate of drug-likeness (QED) is 0.665. The molecule has 0 bridgehead atoms. The number of hydrogen-bond donors (Lipinski definition) is 2. The van der Waals surface area contributed by atoms with Gasteiger partial charge < -0.3 is 4.42 Å². The van der Waals surface area contributed by atoms with Crippen molar-refractivity contribution in [2.24, 2.45) is 5.84 Å². The molecule has 2 rings (SSSR count). The average molecular weight is 323 g/mol. The fourth-order valence-corrected chi connectivity index (χ4v) is 2.52. The first-order valence-electron chi connectivity index (χ1n) is 6.23. The lowest BCUT2D eigenvalue weighted by atomic mass is 9.86. The van der Waals surface area contributed by atoms with E-state index in [1.807, 2.05) is 6.07 Å². The van der Waals surface area contributed by atoms with E-state index in [0.29, 0.717) is 4.67 Å². The highest BCUT2D eigenvalue weighted by atomic mass is 79.9. The van der Waals surface area contributed by atoms with Gasteiger partial charge in [0.2, 0.25) is 0 Å². The third-order valence-corrected chi connectivity index (χ3v) is 3.88. The molecule has 0 spiro atoms. The Morgan fingerprint density at radius 3 is 2.21 bits per heavy atom. The van der Waals surface area contributed by atoms with Crippen LogP contribution < -0.4 is 11.3 Å². The molecule has 1 aromatic heterocycles. The van der Waals surface area contributed by atoms with E-state index in [4.69, 9.17) is 10.3 Å². The topological polar surface area (TPSA) is 51.2 Å². The summed E-state index contributed by atoms with van der Waals surface area (Å²) in [6.45, 7) is 6.61. The average Bonchev–Trinajstić information content (AvgIpc) is 2.76. The predicted octanol–water partition coefficient (Wildman–Crippen LogP) is 3.89. The van der Waals surface area contributed by atoms with Crippen LogP contribution in [-0.2, 0) is 5.41 Å². The molecule has 3 N–H and O–H groups in total. The molecular weight excluding hydrogens is 304 g/mol. The van der Waals surface area contributed by atoms with Crippen LogP contribution in [-0.4, -0.2) is 0 Å². The Bertz CT molecular complexity index is 540. The maximum atomic E-state index is 5.68. The number of hydrazine groups is 1. The maximum Gasteiger partial charge on any atom is 0.174 e. The van der Waals surface area contributed by atoms with Gasteiger partial charge in [-0.15, -0.1) is 0 Å². The third-order valence-electron chi connectivity index (χ3n) is 3.23. The zero-order valence-corrected chi connectivity index (χ0v) is 13.0. The Morgan fingerprint density at radius 1 is 1.16 bits per heavy atom. The standard InChI is InChI=1S/C15H19BrN2O/c1-15(2,3)11-6-4-10(5-7-11)13(18-17)12-8-9-19-14(12)16/h4-9,13,18H,17H2,1-3H3. The second-order valence-electron chi connectivity index (χ2n) is 5.62. The molecule has 2 aromatic rings. The molecule has 0 aliphatic rings. The van der Waals surface area contributed by atoms with E-state index < -0.39 is 0 Å². The second-order valence-corrected chi connectivity index (χ2v) is 6.34. The summed E-state index contributed by atoms with van der Waals surface area (Å²) in [7, 11) is 0. The molecule has 1 atom stereocenters. The molecule has 0 saturated heterocycles. The van der Waals surface area contributed by atoms with Crippen LogP contribution in [0.2, 0.25) is 0 Å². The first-order chi connectivity index (χ1) is 8.93. The van der Waals surface area contributed by atoms with E-state index in [9.17, 15) is 0 Å². The van der Waals surface area contributed by atoms with Crippen molar-refractivity contribution in [2.75, 3.05) is 0 Å². The van der Waals surface area contributed by atoms with Crippen molar-refractivity contribution < 1.29 is 4.42 Å². The van der Waals surface area contributed by atoms with E-state index >= 15 is 0 Å². The van der Waals surface area contributed by atoms with Crippen molar-refractivity contribution in [1.29, 1.82) is 0 Å². The molecule has 1 unspecified atom stereocenters. The molecule has 1 aromatic carbocycles. The summed E-state index contributed by atoms with van der Waals surface area (Å²) in [4.78, 5) is 0. The Labute approximate surface area is 122 Å². The molecule has 0 amide bonds. The maximum absolute atomic E-state index is 5.68. The van der Waals surface area contributed by atoms with Crippen LogP contribution in [0, 0.1) is 0 Å². The summed E-state index contributed by atoms with van der Waals surface area (Å²) in [5.74, 6) is 5.68. The second kappa shape index (κ2) is 5.49. The van der Waals surface area contributed by atoms with E-state index in [1.54, 1.807) is 6.26 Å². The van der Waals surface area contributed by atoms with Crippen molar-refractivity contribution >= 4 is 15.9 Å². The van der Waals surface area contributed by atoms with Gasteiger partial charge in [0.05, 0.1) is 12.3 Å². The van der Waals surface area contributed by atoms with Crippen LogP contribution in [0.25, 0.3) is 0 Å². The van der Waals surface area contributed by atoms with Crippen molar-refractivity contribution in [3.05, 3.63) is 58.0 Å². The van der Waals surface area contributed by atoms with Crippen LogP contribution in [0.15, 0.2) is 45.7 Å². The van der Waals surface area contributed by atoms with Crippen LogP contribution in [0.4, 0.5) is 0 Å². The Morgan fingerprint density at radius 2 is 1.79 bits per heavy atom. The SMILES string of the molecule is CC(C)(C)c1ccc(C(NN)c2ccoc2Br)cc1. The minimum atomic E-state index is -0.0813. The minimum Gasteiger partial charge on any atom is -0.457 e. The molecule has 19 heavy (non-hydrogen) atoms. The molecule has 1 heterocycles. The number of nitrogens with two attached hydrogens (primary N) is 1. The monoisotopic (exact) mass is 322 g/mol. The van der Waals surface area contributed by atoms with E-state index in [2.05, 4.69) is 66.4 Å². The molecule has 0 radical (unpaired) electrons. The molecule has 0 fully saturated rings. The van der Waals surface area contributed by atoms with Gasteiger partial charge in [0.1, 0.15) is 0 Å². The van der Waals surface area contributed by atoms with Gasteiger partial charge in [-0.2, -0.15) is 0 Å². The number of nitrogens with one attached hydrogen (secondary N) is 1. The van der Waals surface area contributed by atoms with Gasteiger partial charge in [-0.1, -0.05) is 45.0 Å². The number of hydrogen-bond acceptors (Lipinski definition) is 3. The molecule has 0 saturated carbocycles. The summed E-state index contributed by atoms with van der Waals surface area (Å²) in [5, 5.41) is 0. The van der Waals surface area contributed by atoms with Gasteiger partial charge in [0, 0.05) is 5.56 Å². The fraction of sp³-hybridized carbons (Fsp3) is 0.333. The lowest BCUT2D eigenvalue weighted by molar-refractivity contribution is 0.526. The van der Waals surface area contributed by atoms with Gasteiger partial charge in [0.25, 0.3) is 0 Å². The third kappa shape index (κ3) is 3.08. The summed E-state index contributed by atoms with van der Waals surface area (Å²) < 4.78 is 5.97. The van der Waals surface area contributed by atoms with Crippen molar-refractivity contribution in [3.8, 4) is 0 Å². The van der Waals surface area contributed by atoms with Gasteiger partial charge >= 0.3 is 0 Å². The highest BCUT2D eigenvalue weighted by molar-refractivity contribution is 9.10. The number of rotatable bonds is 3. The molecule has 102 valence electrons. The smallest absolute Gasteiger partial charge is 0.174 e. The van der Waals surface area contributed by atoms with Crippen LogP contribution in [0.1, 0.15) is 43.5 Å². The summed E-state index contributed by atoms with van der Waals surface area (Å²) in [5.41, 5.74) is 6.39. The Hall–Kier alpha value is -1.10. The van der Waals surface area contributed by atoms with Crippen LogP contribution in [0.3, 0.4) is 0 Å². The molecular formula is C15H19BrN2O. The van der Waals surface area contributed by atoms with Gasteiger partial charge in [-0.25, -0.2) is 5.43 Å². The lowest BCUT2D eigenvalue weighted by Gasteiger charge is -2.21. The van der Waals surface area contributed by atoms with Crippen molar-refractivity contribution in [1.82, 2.24) is 5.43 Å². The van der Waals surface area contributed by atoms with E-state index in [1.165, 1.54) is 5.56 Å². The summed E-state index contributed by atoms with van der Waals surface area (Å²) >= 11 is 3.39. The van der Waals surface area contributed by atoms with Crippen molar-refractivity contribution in [3.63, 3.8) is 0 Å². The number of benzene rings is 1. The van der Waals surface area contributed by atoms with Crippen LogP contribution >= 0.6 is 15.9 Å². The fourth-order valence-electron chi connectivity index (χ4n) is 2.05. The number of furan rings is 1. The molecule has 4 heteroatoms. The highest BCUT2D eigenvalue weighted by Crippen LogP contribution is 2.30. The minimum absolute atomic E-state index is 0.0813. The Kier molecular flexibility index (Phi) is 4.13. The van der Waals surface area contributed by atoms with E-state index in [0.717, 1.165) is 11.1 Å². The molecule has 0 aliphatic carbocycles. The first-order valence-corrected chi connectivity index (χ1v) is 7.02. The highest BCUT2D eigenvalue weighted by Gasteiger charge is 2.19. The van der Waals surface area contributed by atoms with Gasteiger partial charge in [0.15, 0.2) is 4.67 Å². The largest absolute Gasteiger partial charge is 0.457 e. The zero-order valence-electron chi connectivity index (χ0n) is 11.4. The zero-order chi connectivity index (χ0) is 14.0. The molecule has 3 nitrogen and oxygen atoms in total. The van der Waals surface area contributed by atoms with E-state index in [-0.39, 0.29) is 11.5 Å². The molecule has 0 aliphatic heterocycles. The van der Waals surface area contributed by atoms with Crippen molar-refractivity contribution in [2.45, 2.75) is 32.2 Å². The first kappa shape index (κ1) is 14.3. The Balaban J connectivity index is 2.33. The van der Waals surface area contributed by atoms with Crippen LogP contribution in [0.5, 0.6) is 0 Å². The summed E-state index contributed by atoms with van der Waals surface area (Å²) in [6.07, 6.45) is 1.65. The van der Waals surface area contributed by atoms with Gasteiger partial charge in [-0.3, -0.25) is 5.84 Å². The summed E-state index contributed by atoms with van der Waals surface area (Å²) in [6, 6.07) is 10.3. The lowest BCUT2D eigenvalue weighted by Crippen LogP contribution is -2.28.